The number of hydrogen-bond acceptors (Lipinski definition) is 16. The number of pyridine rings is 1. The highest BCUT2D eigenvalue weighted by molar-refractivity contribution is 7.80. The van der Waals surface area contributed by atoms with E-state index in [4.69, 9.17) is 30.6 Å². The fourth-order valence-electron chi connectivity index (χ4n) is 6.58. The van der Waals surface area contributed by atoms with Crippen LogP contribution in [-0.2, 0) is 33.9 Å². The second-order valence-corrected chi connectivity index (χ2v) is 15.3. The summed E-state index contributed by atoms with van der Waals surface area (Å²) in [6.07, 6.45) is 0.421. The van der Waals surface area contributed by atoms with E-state index in [1.165, 1.54) is 19.2 Å². The molecule has 6 rings (SSSR count). The number of piperidine rings is 1. The van der Waals surface area contributed by atoms with Gasteiger partial charge >= 0.3 is 16.4 Å². The van der Waals surface area contributed by atoms with E-state index in [2.05, 4.69) is 30.0 Å². The summed E-state index contributed by atoms with van der Waals surface area (Å²) in [7, 11) is -5.02. The molecule has 1 aromatic carbocycles. The number of anilines is 2. The third-order valence-corrected chi connectivity index (χ3v) is 10.8. The van der Waals surface area contributed by atoms with Gasteiger partial charge in [-0.15, -0.1) is 15.6 Å². The molecule has 0 saturated carbocycles. The van der Waals surface area contributed by atoms with E-state index in [0.717, 1.165) is 67.1 Å². The zero-order valence-electron chi connectivity index (χ0n) is 28.2. The Bertz CT molecular complexity index is 1990. The highest BCUT2D eigenvalue weighted by Crippen LogP contribution is 2.39. The molecule has 8 N–H and O–H groups in total. The number of β-lactam (4-membered cyclic amide) rings is 1. The minimum absolute atomic E-state index is 0.0611. The Morgan fingerprint density at radius 2 is 1.92 bits per heavy atom. The van der Waals surface area contributed by atoms with Crippen molar-refractivity contribution >= 4 is 67.1 Å². The van der Waals surface area contributed by atoms with Gasteiger partial charge in [-0.3, -0.25) is 14.1 Å². The number of ether oxygens (including phenoxy) is 1. The minimum atomic E-state index is -5.02. The number of thiazole rings is 1. The first-order chi connectivity index (χ1) is 24.6. The number of hydrogen-bond donors (Lipinski definition) is 6. The highest BCUT2D eigenvalue weighted by atomic mass is 32.3. The summed E-state index contributed by atoms with van der Waals surface area (Å²) in [5.41, 5.74) is 10.7. The largest absolute Gasteiger partial charge is 0.489 e. The number of nitrogens with zero attached hydrogens (tertiary/aromatic N) is 5. The molecule has 280 valence electrons. The maximum atomic E-state index is 13.3. The van der Waals surface area contributed by atoms with Crippen LogP contribution in [0.2, 0.25) is 0 Å². The summed E-state index contributed by atoms with van der Waals surface area (Å²) >= 11 is 0.964. The van der Waals surface area contributed by atoms with Crippen molar-refractivity contribution in [2.45, 2.75) is 44.4 Å². The van der Waals surface area contributed by atoms with Crippen molar-refractivity contribution in [2.75, 3.05) is 50.0 Å². The lowest BCUT2D eigenvalue weighted by Gasteiger charge is -2.50. The standard InChI is InChI=1S/C31H39N9O10S2/c1-30(2)25(27(42)40(30)50-52(45,46)47)37-26(41)24(21-13-51-29(33)36-21)38-49-22(28(43)44)12-48-19-4-5-20-17(11-19)3-6-23(35-20)39-9-7-18(8-10-39)31(14-32)15-34-16-31/h3-6,11,13,18,22,25,34H,7-10,12,14-16,32H2,1-2H3,(H2,33,36)(H,37,41)(H,43,44)(H,45,46,47)/b38-24-/t22-,25+/m0/s1. The second kappa shape index (κ2) is 14.4. The molecular formula is C31H39N9O10S2. The molecule has 52 heavy (non-hydrogen) atoms. The maximum absolute atomic E-state index is 13.3. The van der Waals surface area contributed by atoms with Crippen LogP contribution in [0.1, 0.15) is 32.4 Å². The Hall–Kier alpha value is -4.67. The Balaban J connectivity index is 1.10. The number of carboxylic acids is 1. The summed E-state index contributed by atoms with van der Waals surface area (Å²) in [5.74, 6) is -1.65. The van der Waals surface area contributed by atoms with Gasteiger partial charge in [-0.2, -0.15) is 13.5 Å². The number of nitrogen functional groups attached to an aromatic ring is 1. The number of aliphatic carboxylic acids is 1. The molecule has 0 aliphatic carbocycles. The Labute approximate surface area is 302 Å². The van der Waals surface area contributed by atoms with E-state index in [1.807, 2.05) is 12.1 Å². The first kappa shape index (κ1) is 37.1. The third kappa shape index (κ3) is 7.59. The van der Waals surface area contributed by atoms with Crippen molar-refractivity contribution < 1.29 is 46.3 Å². The number of rotatable bonds is 14. The number of hydroxylamine groups is 2. The van der Waals surface area contributed by atoms with Crippen molar-refractivity contribution in [3.8, 4) is 5.75 Å². The van der Waals surface area contributed by atoms with Gasteiger partial charge in [0.1, 0.15) is 29.9 Å². The first-order valence-electron chi connectivity index (χ1n) is 16.3. The van der Waals surface area contributed by atoms with E-state index < -0.39 is 58.2 Å². The number of oxime groups is 1. The molecule has 2 amide bonds. The number of aromatic nitrogens is 2. The molecule has 21 heteroatoms. The van der Waals surface area contributed by atoms with Crippen molar-refractivity contribution in [3.05, 3.63) is 41.4 Å². The van der Waals surface area contributed by atoms with Crippen LogP contribution in [0.3, 0.4) is 0 Å². The number of carboxylic acid groups (broad SMARTS) is 1. The molecule has 0 unspecified atom stereocenters. The van der Waals surface area contributed by atoms with E-state index in [1.54, 1.807) is 18.2 Å². The monoisotopic (exact) mass is 761 g/mol. The quantitative estimate of drug-likeness (QED) is 0.0551. The van der Waals surface area contributed by atoms with Crippen LogP contribution < -0.4 is 31.7 Å². The average Bonchev–Trinajstić information content (AvgIpc) is 3.52. The van der Waals surface area contributed by atoms with Gasteiger partial charge in [-0.25, -0.2) is 14.8 Å². The Morgan fingerprint density at radius 1 is 1.19 bits per heavy atom. The molecule has 3 fully saturated rings. The lowest BCUT2D eigenvalue weighted by Crippen LogP contribution is -2.76. The number of fused-ring (bicyclic) bond motifs is 1. The topological polar surface area (TPSA) is 274 Å². The summed E-state index contributed by atoms with van der Waals surface area (Å²) in [6.45, 7) is 6.67. The van der Waals surface area contributed by atoms with Gasteiger partial charge in [0.2, 0.25) is 0 Å². The minimum Gasteiger partial charge on any atom is -0.489 e. The zero-order chi connectivity index (χ0) is 37.4. The van der Waals surface area contributed by atoms with Crippen molar-refractivity contribution in [1.29, 1.82) is 0 Å². The van der Waals surface area contributed by atoms with E-state index in [0.29, 0.717) is 23.3 Å². The van der Waals surface area contributed by atoms with Gasteiger partial charge < -0.3 is 41.7 Å². The predicted molar refractivity (Wildman–Crippen MR) is 188 cm³/mol. The number of carbonyl (C=O) groups excluding carboxylic acids is 2. The van der Waals surface area contributed by atoms with Crippen molar-refractivity contribution in [3.63, 3.8) is 0 Å². The normalized spacial score (nSPS) is 20.9. The first-order valence-corrected chi connectivity index (χ1v) is 18.5. The number of benzene rings is 1. The Kier molecular flexibility index (Phi) is 10.3. The van der Waals surface area contributed by atoms with Gasteiger partial charge in [-0.05, 0) is 62.9 Å². The number of amides is 2. The fraction of sp³-hybridized carbons (Fsp3) is 0.484. The number of nitrogens with two attached hydrogens (primary N) is 2. The summed E-state index contributed by atoms with van der Waals surface area (Å²) in [4.78, 5) is 54.3. The van der Waals surface area contributed by atoms with E-state index in [9.17, 15) is 27.9 Å². The van der Waals surface area contributed by atoms with Crippen LogP contribution >= 0.6 is 11.3 Å². The van der Waals surface area contributed by atoms with Crippen molar-refractivity contribution in [2.24, 2.45) is 22.2 Å². The highest BCUT2D eigenvalue weighted by Gasteiger charge is 2.58. The molecule has 0 radical (unpaired) electrons. The molecule has 3 aromatic rings. The van der Waals surface area contributed by atoms with E-state index in [-0.39, 0.29) is 16.2 Å². The predicted octanol–water partition coefficient (Wildman–Crippen LogP) is 0.131. The molecule has 2 aromatic heterocycles. The lowest BCUT2D eigenvalue weighted by molar-refractivity contribution is -0.218. The zero-order valence-corrected chi connectivity index (χ0v) is 29.9. The molecule has 0 bridgehead atoms. The fourth-order valence-corrected chi connectivity index (χ4v) is 7.58. The van der Waals surface area contributed by atoms with Gasteiger partial charge in [0, 0.05) is 48.9 Å². The summed E-state index contributed by atoms with van der Waals surface area (Å²) in [6, 6.07) is 7.70. The molecule has 19 nitrogen and oxygen atoms in total. The lowest BCUT2D eigenvalue weighted by atomic mass is 9.67. The number of carbonyl (C=O) groups is 3. The molecule has 3 aliphatic rings. The van der Waals surface area contributed by atoms with Crippen LogP contribution in [0.25, 0.3) is 10.9 Å². The van der Waals surface area contributed by atoms with Crippen LogP contribution in [0.5, 0.6) is 5.75 Å². The molecule has 2 atom stereocenters. The molecule has 3 saturated heterocycles. The second-order valence-electron chi connectivity index (χ2n) is 13.4. The van der Waals surface area contributed by atoms with Crippen LogP contribution in [0.4, 0.5) is 10.9 Å². The van der Waals surface area contributed by atoms with Crippen LogP contribution in [-0.4, -0.2) is 114 Å². The summed E-state index contributed by atoms with van der Waals surface area (Å²) < 4.78 is 41.3. The van der Waals surface area contributed by atoms with Crippen LogP contribution in [0, 0.1) is 11.3 Å². The van der Waals surface area contributed by atoms with Crippen LogP contribution in [0.15, 0.2) is 40.9 Å². The summed E-state index contributed by atoms with van der Waals surface area (Å²) in [5, 5.41) is 21.9. The third-order valence-electron chi connectivity index (χ3n) is 9.74. The molecule has 5 heterocycles. The molecule has 3 aliphatic heterocycles. The molecule has 0 spiro atoms. The Morgan fingerprint density at radius 3 is 2.50 bits per heavy atom. The average molecular weight is 762 g/mol. The SMILES string of the molecule is CC1(C)[C@H](NC(=O)/C(=N\O[C@@H](COc2ccc3nc(N4CCC(C5(CN)CNC5)CC4)ccc3c2)C(=O)O)c2csc(N)n2)C(=O)N1OS(=O)(=O)O. The van der Waals surface area contributed by atoms with Gasteiger partial charge in [0.05, 0.1) is 11.1 Å². The van der Waals surface area contributed by atoms with E-state index >= 15 is 0 Å². The van der Waals surface area contributed by atoms with Crippen molar-refractivity contribution in [1.82, 2.24) is 25.7 Å². The number of nitrogens with one attached hydrogen (secondary N) is 2. The van der Waals surface area contributed by atoms with Gasteiger partial charge in [-0.1, -0.05) is 5.16 Å². The van der Waals surface area contributed by atoms with Gasteiger partial charge in [0.25, 0.3) is 17.9 Å². The van der Waals surface area contributed by atoms with Gasteiger partial charge in [0.15, 0.2) is 10.8 Å². The molecular weight excluding hydrogens is 723 g/mol. The smallest absolute Gasteiger partial charge is 0.418 e. The maximum Gasteiger partial charge on any atom is 0.418 e.